The van der Waals surface area contributed by atoms with Crippen molar-refractivity contribution in [3.05, 3.63) is 52.6 Å². The Balaban J connectivity index is 2.12. The number of rotatable bonds is 8. The van der Waals surface area contributed by atoms with E-state index in [4.69, 9.17) is 5.73 Å². The van der Waals surface area contributed by atoms with Crippen LogP contribution in [0, 0.1) is 5.92 Å². The van der Waals surface area contributed by atoms with Crippen LogP contribution in [0.4, 0.5) is 11.4 Å². The standard InChI is InChI=1S/C30H46N2O2/c1-19(2)10-11-20(3)22-13-14-26(25(31)18-22)32-27(33)15-12-21-16-23(29(4,5)6)28(34)24(17-21)30(7,8)9/h13-14,16-20,34H,10-12,15,31H2,1-9H3,(H,32,33). The number of phenols is 1. The molecule has 0 radical (unpaired) electrons. The molecule has 2 aromatic carbocycles. The summed E-state index contributed by atoms with van der Waals surface area (Å²) in [5.74, 6) is 1.43. The smallest absolute Gasteiger partial charge is 0.224 e. The highest BCUT2D eigenvalue weighted by Crippen LogP contribution is 2.40. The van der Waals surface area contributed by atoms with Crippen LogP contribution in [0.3, 0.4) is 0 Å². The van der Waals surface area contributed by atoms with E-state index in [0.717, 1.165) is 23.1 Å². The molecule has 0 aromatic heterocycles. The Morgan fingerprint density at radius 1 is 0.941 bits per heavy atom. The molecule has 2 rings (SSSR count). The van der Waals surface area contributed by atoms with Crippen LogP contribution < -0.4 is 11.1 Å². The van der Waals surface area contributed by atoms with Gasteiger partial charge in [-0.25, -0.2) is 0 Å². The number of carbonyl (C=O) groups excluding carboxylic acids is 1. The minimum absolute atomic E-state index is 0.0602. The summed E-state index contributed by atoms with van der Waals surface area (Å²) in [6.45, 7) is 19.3. The number of benzene rings is 2. The fraction of sp³-hybridized carbons (Fsp3) is 0.567. The zero-order valence-corrected chi connectivity index (χ0v) is 22.8. The molecular weight excluding hydrogens is 420 g/mol. The fourth-order valence-corrected chi connectivity index (χ4v) is 4.20. The summed E-state index contributed by atoms with van der Waals surface area (Å²) in [7, 11) is 0. The summed E-state index contributed by atoms with van der Waals surface area (Å²) in [5, 5.41) is 13.9. The highest BCUT2D eigenvalue weighted by molar-refractivity contribution is 5.94. The Morgan fingerprint density at radius 2 is 1.50 bits per heavy atom. The predicted molar refractivity (Wildman–Crippen MR) is 146 cm³/mol. The lowest BCUT2D eigenvalue weighted by Gasteiger charge is -2.28. The van der Waals surface area contributed by atoms with E-state index in [1.807, 2.05) is 24.3 Å². The van der Waals surface area contributed by atoms with Crippen molar-refractivity contribution in [3.8, 4) is 5.75 Å². The number of hydrogen-bond donors (Lipinski definition) is 3. The van der Waals surface area contributed by atoms with Gasteiger partial charge in [0.2, 0.25) is 5.91 Å². The van der Waals surface area contributed by atoms with E-state index in [0.29, 0.717) is 41.8 Å². The third-order valence-electron chi connectivity index (χ3n) is 6.52. The topological polar surface area (TPSA) is 75.3 Å². The summed E-state index contributed by atoms with van der Waals surface area (Å²) < 4.78 is 0. The Kier molecular flexibility index (Phi) is 8.85. The minimum Gasteiger partial charge on any atom is -0.507 e. The van der Waals surface area contributed by atoms with Crippen LogP contribution in [-0.2, 0) is 22.0 Å². The van der Waals surface area contributed by atoms with Crippen molar-refractivity contribution in [2.24, 2.45) is 5.92 Å². The van der Waals surface area contributed by atoms with E-state index >= 15 is 0 Å². The highest BCUT2D eigenvalue weighted by Gasteiger charge is 2.26. The van der Waals surface area contributed by atoms with Crippen LogP contribution in [0.25, 0.3) is 0 Å². The van der Waals surface area contributed by atoms with Crippen molar-refractivity contribution in [3.63, 3.8) is 0 Å². The molecule has 0 aliphatic carbocycles. The number of anilines is 2. The van der Waals surface area contributed by atoms with Gasteiger partial charge in [0.1, 0.15) is 5.75 Å². The quantitative estimate of drug-likeness (QED) is 0.349. The molecule has 0 aliphatic heterocycles. The molecule has 4 heteroatoms. The van der Waals surface area contributed by atoms with Gasteiger partial charge in [0.05, 0.1) is 11.4 Å². The third kappa shape index (κ3) is 7.51. The van der Waals surface area contributed by atoms with Gasteiger partial charge in [-0.05, 0) is 69.9 Å². The number of aromatic hydroxyl groups is 1. The Morgan fingerprint density at radius 3 is 1.97 bits per heavy atom. The van der Waals surface area contributed by atoms with Gasteiger partial charge in [-0.3, -0.25) is 4.79 Å². The van der Waals surface area contributed by atoms with Crippen molar-refractivity contribution in [1.82, 2.24) is 0 Å². The van der Waals surface area contributed by atoms with Crippen LogP contribution in [-0.4, -0.2) is 11.0 Å². The summed E-state index contributed by atoms with van der Waals surface area (Å²) >= 11 is 0. The zero-order chi connectivity index (χ0) is 25.8. The summed E-state index contributed by atoms with van der Waals surface area (Å²) in [6, 6.07) is 10.1. The SMILES string of the molecule is CC(C)CCC(C)c1ccc(NC(=O)CCc2cc(C(C)(C)C)c(O)c(C(C)(C)C)c2)c(N)c1. The molecule has 188 valence electrons. The lowest BCUT2D eigenvalue weighted by atomic mass is 9.78. The molecule has 1 unspecified atom stereocenters. The maximum atomic E-state index is 12.7. The van der Waals surface area contributed by atoms with Gasteiger partial charge >= 0.3 is 0 Å². The zero-order valence-electron chi connectivity index (χ0n) is 22.8. The molecule has 4 nitrogen and oxygen atoms in total. The largest absolute Gasteiger partial charge is 0.507 e. The number of amides is 1. The molecule has 0 saturated heterocycles. The Hall–Kier alpha value is -2.49. The van der Waals surface area contributed by atoms with Gasteiger partial charge in [0.25, 0.3) is 0 Å². The predicted octanol–water partition coefficient (Wildman–Crippen LogP) is 7.68. The maximum absolute atomic E-state index is 12.7. The number of nitrogens with two attached hydrogens (primary N) is 1. The van der Waals surface area contributed by atoms with Crippen LogP contribution in [0.15, 0.2) is 30.3 Å². The molecule has 1 atom stereocenters. The number of hydrogen-bond acceptors (Lipinski definition) is 3. The summed E-state index contributed by atoms with van der Waals surface area (Å²) in [5.41, 5.74) is 11.3. The first-order valence-electron chi connectivity index (χ1n) is 12.7. The fourth-order valence-electron chi connectivity index (χ4n) is 4.20. The van der Waals surface area contributed by atoms with Crippen LogP contribution >= 0.6 is 0 Å². The van der Waals surface area contributed by atoms with Gasteiger partial charge < -0.3 is 16.2 Å². The first-order chi connectivity index (χ1) is 15.6. The Bertz CT molecular complexity index is 959. The van der Waals surface area contributed by atoms with Crippen molar-refractivity contribution in [2.75, 3.05) is 11.1 Å². The normalized spacial score (nSPS) is 13.2. The van der Waals surface area contributed by atoms with Crippen LogP contribution in [0.1, 0.15) is 110 Å². The van der Waals surface area contributed by atoms with Gasteiger partial charge in [0.15, 0.2) is 0 Å². The molecular formula is C30H46N2O2. The molecule has 0 saturated carbocycles. The van der Waals surface area contributed by atoms with E-state index < -0.39 is 0 Å². The molecule has 0 aliphatic rings. The van der Waals surface area contributed by atoms with Crippen molar-refractivity contribution in [1.29, 1.82) is 0 Å². The summed E-state index contributed by atoms with van der Waals surface area (Å²) in [6.07, 6.45) is 3.26. The molecule has 0 bridgehead atoms. The first-order valence-corrected chi connectivity index (χ1v) is 12.7. The van der Waals surface area contributed by atoms with Gasteiger partial charge in [0, 0.05) is 6.42 Å². The molecule has 1 amide bonds. The van der Waals surface area contributed by atoms with Gasteiger partial charge in [-0.1, -0.05) is 86.9 Å². The van der Waals surface area contributed by atoms with E-state index in [1.54, 1.807) is 0 Å². The average Bonchev–Trinajstić information content (AvgIpc) is 2.70. The van der Waals surface area contributed by atoms with Crippen molar-refractivity contribution < 1.29 is 9.90 Å². The molecule has 0 spiro atoms. The number of carbonyl (C=O) groups is 1. The summed E-state index contributed by atoms with van der Waals surface area (Å²) in [4.78, 5) is 12.7. The van der Waals surface area contributed by atoms with E-state index in [-0.39, 0.29) is 16.7 Å². The number of nitrogen functional groups attached to an aromatic ring is 1. The second kappa shape index (κ2) is 10.8. The van der Waals surface area contributed by atoms with Crippen LogP contribution in [0.2, 0.25) is 0 Å². The lowest BCUT2D eigenvalue weighted by molar-refractivity contribution is -0.116. The number of aryl methyl sites for hydroxylation is 1. The number of nitrogens with one attached hydrogen (secondary N) is 1. The van der Waals surface area contributed by atoms with Gasteiger partial charge in [-0.15, -0.1) is 0 Å². The maximum Gasteiger partial charge on any atom is 0.224 e. The van der Waals surface area contributed by atoms with E-state index in [2.05, 4.69) is 73.7 Å². The molecule has 0 heterocycles. The van der Waals surface area contributed by atoms with Crippen LogP contribution in [0.5, 0.6) is 5.75 Å². The molecule has 4 N–H and O–H groups in total. The van der Waals surface area contributed by atoms with E-state index in [9.17, 15) is 9.90 Å². The van der Waals surface area contributed by atoms with Crippen molar-refractivity contribution >= 4 is 17.3 Å². The monoisotopic (exact) mass is 466 g/mol. The Labute approximate surface area is 207 Å². The number of phenolic OH excluding ortho intramolecular Hbond substituents is 1. The van der Waals surface area contributed by atoms with Gasteiger partial charge in [-0.2, -0.15) is 0 Å². The molecule has 34 heavy (non-hydrogen) atoms. The third-order valence-corrected chi connectivity index (χ3v) is 6.52. The first kappa shape index (κ1) is 27.8. The average molecular weight is 467 g/mol. The van der Waals surface area contributed by atoms with E-state index in [1.165, 1.54) is 12.0 Å². The minimum atomic E-state index is -0.190. The van der Waals surface area contributed by atoms with Crippen molar-refractivity contribution in [2.45, 2.75) is 105 Å². The molecule has 2 aromatic rings. The lowest BCUT2D eigenvalue weighted by Crippen LogP contribution is -2.18. The highest BCUT2D eigenvalue weighted by atomic mass is 16.3. The molecule has 0 fully saturated rings. The second-order valence-electron chi connectivity index (χ2n) is 12.3. The second-order valence-corrected chi connectivity index (χ2v) is 12.3.